The first-order valence-electron chi connectivity index (χ1n) is 22.5. The van der Waals surface area contributed by atoms with Gasteiger partial charge in [-0.3, -0.25) is 0 Å². The SMILES string of the molecule is O=P(c1ccccc1)(c1ccc2c(c1)c1cc3cc4c5ccccc5c5ccccc5n4c3cc1n2-c1cccc(-c2nc(-c3ccccc3)cc(-c3ccccc3)n2)c1)C1C=CC=CC1. The molecule has 13 rings (SSSR count). The molecule has 1 aliphatic carbocycles. The minimum absolute atomic E-state index is 0.148. The van der Waals surface area contributed by atoms with Gasteiger partial charge < -0.3 is 13.5 Å². The Balaban J connectivity index is 1.09. The van der Waals surface area contributed by atoms with Crippen LogP contribution in [0.5, 0.6) is 0 Å². The average Bonchev–Trinajstić information content (AvgIpc) is 3.94. The molecule has 0 aliphatic heterocycles. The van der Waals surface area contributed by atoms with Crippen LogP contribution in [-0.2, 0) is 4.57 Å². The standard InChI is InChI=1S/C60H41N4OP/c65-66(45-24-9-3-10-25-45,46-26-11-4-12-27-46)47-32-33-56-52(37-47)51-35-43-36-58-50-30-14-13-28-48(50)49-29-15-16-31-55(49)64(58)57(43)39-59(51)63(56)44-23-17-22-42(34-44)60-61-53(40-18-5-1-6-19-40)38-54(62-60)41-20-7-2-8-21-41/h1-26,28-39,46H,27H2. The molecule has 66 heavy (non-hydrogen) atoms. The molecular weight excluding hydrogens is 824 g/mol. The summed E-state index contributed by atoms with van der Waals surface area (Å²) in [6.07, 6.45) is 9.10. The summed E-state index contributed by atoms with van der Waals surface area (Å²) in [6.45, 7) is 0. The Hall–Kier alpha value is -8.11. The number of fused-ring (bicyclic) bond motifs is 11. The molecule has 0 N–H and O–H groups in total. The summed E-state index contributed by atoms with van der Waals surface area (Å²) in [5.41, 5.74) is 11.1. The maximum atomic E-state index is 16.0. The number of hydrogen-bond acceptors (Lipinski definition) is 3. The van der Waals surface area contributed by atoms with Crippen LogP contribution < -0.4 is 10.6 Å². The van der Waals surface area contributed by atoms with E-state index in [-0.39, 0.29) is 5.66 Å². The van der Waals surface area contributed by atoms with Crippen molar-refractivity contribution in [2.45, 2.75) is 12.1 Å². The second-order valence-corrected chi connectivity index (χ2v) is 20.3. The number of allylic oxidation sites excluding steroid dienone is 4. The fourth-order valence-corrected chi connectivity index (χ4v) is 13.4. The number of hydrogen-bond donors (Lipinski definition) is 0. The van der Waals surface area contributed by atoms with Crippen LogP contribution in [0, 0.1) is 0 Å². The van der Waals surface area contributed by atoms with E-state index >= 15 is 4.57 Å². The minimum Gasteiger partial charge on any atom is -0.313 e. The fraction of sp³-hybridized carbons (Fsp3) is 0.0333. The topological polar surface area (TPSA) is 52.2 Å². The summed E-state index contributed by atoms with van der Waals surface area (Å²) in [4.78, 5) is 10.4. The largest absolute Gasteiger partial charge is 0.313 e. The van der Waals surface area contributed by atoms with Crippen LogP contribution in [0.4, 0.5) is 0 Å². The Morgan fingerprint density at radius 3 is 1.79 bits per heavy atom. The highest BCUT2D eigenvalue weighted by Crippen LogP contribution is 2.52. The zero-order valence-corrected chi connectivity index (χ0v) is 36.8. The lowest BCUT2D eigenvalue weighted by molar-refractivity contribution is 0.582. The van der Waals surface area contributed by atoms with Gasteiger partial charge in [0.2, 0.25) is 0 Å². The third-order valence-electron chi connectivity index (χ3n) is 13.5. The maximum absolute atomic E-state index is 16.0. The van der Waals surface area contributed by atoms with Crippen molar-refractivity contribution in [2.75, 3.05) is 0 Å². The van der Waals surface area contributed by atoms with E-state index in [0.29, 0.717) is 12.2 Å². The van der Waals surface area contributed by atoms with E-state index in [1.54, 1.807) is 0 Å². The second kappa shape index (κ2) is 15.3. The Kier molecular flexibility index (Phi) is 8.87. The maximum Gasteiger partial charge on any atom is 0.160 e. The van der Waals surface area contributed by atoms with Crippen LogP contribution in [0.25, 0.3) is 99.5 Å². The summed E-state index contributed by atoms with van der Waals surface area (Å²) in [7, 11) is -3.15. The van der Waals surface area contributed by atoms with Crippen molar-refractivity contribution >= 4 is 77.7 Å². The van der Waals surface area contributed by atoms with Gasteiger partial charge in [0.25, 0.3) is 0 Å². The minimum atomic E-state index is -3.15. The summed E-state index contributed by atoms with van der Waals surface area (Å²) >= 11 is 0. The molecule has 0 radical (unpaired) electrons. The van der Waals surface area contributed by atoms with Crippen molar-refractivity contribution < 1.29 is 4.57 Å². The molecule has 0 amide bonds. The van der Waals surface area contributed by atoms with E-state index in [9.17, 15) is 0 Å². The number of benzene rings is 8. The molecule has 4 heterocycles. The van der Waals surface area contributed by atoms with Gasteiger partial charge in [-0.05, 0) is 72.5 Å². The molecule has 4 aromatic heterocycles. The molecule has 6 heteroatoms. The van der Waals surface area contributed by atoms with Crippen LogP contribution in [0.1, 0.15) is 6.42 Å². The first-order chi connectivity index (χ1) is 32.6. The predicted octanol–water partition coefficient (Wildman–Crippen LogP) is 14.5. The molecule has 5 nitrogen and oxygen atoms in total. The molecule has 0 spiro atoms. The number of rotatable bonds is 7. The molecule has 312 valence electrons. The van der Waals surface area contributed by atoms with Gasteiger partial charge >= 0.3 is 0 Å². The van der Waals surface area contributed by atoms with E-state index in [1.165, 1.54) is 21.7 Å². The summed E-state index contributed by atoms with van der Waals surface area (Å²) in [5.74, 6) is 0.650. The summed E-state index contributed by atoms with van der Waals surface area (Å²) < 4.78 is 20.8. The Labute approximate surface area is 381 Å². The van der Waals surface area contributed by atoms with Crippen molar-refractivity contribution in [1.29, 1.82) is 0 Å². The number of pyridine rings is 1. The second-order valence-electron chi connectivity index (χ2n) is 17.2. The number of aromatic nitrogens is 4. The van der Waals surface area contributed by atoms with Crippen molar-refractivity contribution in [3.8, 4) is 39.6 Å². The van der Waals surface area contributed by atoms with Gasteiger partial charge in [-0.15, -0.1) is 0 Å². The number of nitrogens with zero attached hydrogens (tertiary/aromatic N) is 4. The summed E-state index contributed by atoms with van der Waals surface area (Å²) in [6, 6.07) is 72.4. The first kappa shape index (κ1) is 38.4. The van der Waals surface area contributed by atoms with Crippen LogP contribution in [0.3, 0.4) is 0 Å². The van der Waals surface area contributed by atoms with E-state index < -0.39 is 7.14 Å². The van der Waals surface area contributed by atoms with Gasteiger partial charge in [0.15, 0.2) is 5.82 Å². The van der Waals surface area contributed by atoms with E-state index in [0.717, 1.165) is 82.6 Å². The van der Waals surface area contributed by atoms with E-state index in [4.69, 9.17) is 9.97 Å². The van der Waals surface area contributed by atoms with Crippen LogP contribution in [-0.4, -0.2) is 24.6 Å². The van der Waals surface area contributed by atoms with Gasteiger partial charge in [0, 0.05) is 65.6 Å². The predicted molar refractivity (Wildman–Crippen MR) is 276 cm³/mol. The smallest absolute Gasteiger partial charge is 0.160 e. The monoisotopic (exact) mass is 864 g/mol. The highest BCUT2D eigenvalue weighted by atomic mass is 31.2. The highest BCUT2D eigenvalue weighted by molar-refractivity contribution is 7.79. The van der Waals surface area contributed by atoms with E-state index in [2.05, 4.69) is 167 Å². The zero-order valence-electron chi connectivity index (χ0n) is 35.9. The molecular formula is C60H41N4OP. The van der Waals surface area contributed by atoms with Crippen molar-refractivity contribution in [2.24, 2.45) is 0 Å². The van der Waals surface area contributed by atoms with Crippen molar-refractivity contribution in [3.63, 3.8) is 0 Å². The Morgan fingerprint density at radius 2 is 1.08 bits per heavy atom. The zero-order chi connectivity index (χ0) is 43.8. The molecule has 0 bridgehead atoms. The van der Waals surface area contributed by atoms with Crippen molar-refractivity contribution in [3.05, 3.63) is 231 Å². The lowest BCUT2D eigenvalue weighted by Crippen LogP contribution is -2.25. The number of para-hydroxylation sites is 1. The third kappa shape index (κ3) is 6.05. The van der Waals surface area contributed by atoms with E-state index in [1.807, 2.05) is 72.8 Å². The molecule has 0 fully saturated rings. The molecule has 1 aliphatic rings. The third-order valence-corrected chi connectivity index (χ3v) is 16.9. The summed E-state index contributed by atoms with van der Waals surface area (Å²) in [5, 5.41) is 8.70. The van der Waals surface area contributed by atoms with Gasteiger partial charge in [-0.2, -0.15) is 0 Å². The van der Waals surface area contributed by atoms with Gasteiger partial charge in [0.1, 0.15) is 7.14 Å². The highest BCUT2D eigenvalue weighted by Gasteiger charge is 2.36. The Bertz CT molecular complexity index is 3940. The van der Waals surface area contributed by atoms with Gasteiger partial charge in [0.05, 0.1) is 39.0 Å². The molecule has 12 aromatic rings. The fourth-order valence-electron chi connectivity index (χ4n) is 10.4. The van der Waals surface area contributed by atoms with Crippen LogP contribution in [0.2, 0.25) is 0 Å². The van der Waals surface area contributed by atoms with Crippen LogP contribution >= 0.6 is 7.14 Å². The first-order valence-corrected chi connectivity index (χ1v) is 24.3. The molecule has 0 saturated heterocycles. The average molecular weight is 865 g/mol. The van der Waals surface area contributed by atoms with Gasteiger partial charge in [-0.25, -0.2) is 9.97 Å². The quantitative estimate of drug-likeness (QED) is 0.118. The molecule has 2 unspecified atom stereocenters. The molecule has 8 aromatic carbocycles. The molecule has 0 saturated carbocycles. The lowest BCUT2D eigenvalue weighted by Gasteiger charge is -2.27. The Morgan fingerprint density at radius 1 is 0.439 bits per heavy atom. The molecule has 2 atom stereocenters. The van der Waals surface area contributed by atoms with Gasteiger partial charge in [-0.1, -0.05) is 170 Å². The van der Waals surface area contributed by atoms with Crippen molar-refractivity contribution in [1.82, 2.24) is 18.9 Å². The lowest BCUT2D eigenvalue weighted by atomic mass is 10.1. The van der Waals surface area contributed by atoms with Crippen LogP contribution in [0.15, 0.2) is 231 Å². The normalized spacial score (nSPS) is 14.8.